The van der Waals surface area contributed by atoms with Gasteiger partial charge in [0, 0.05) is 12.3 Å². The number of hydrogen-bond donors (Lipinski definition) is 1. The van der Waals surface area contributed by atoms with Crippen LogP contribution in [0.5, 0.6) is 0 Å². The van der Waals surface area contributed by atoms with Crippen molar-refractivity contribution in [2.24, 2.45) is 5.92 Å². The summed E-state index contributed by atoms with van der Waals surface area (Å²) in [6.45, 7) is 5.97. The fraction of sp³-hybridized carbons (Fsp3) is 0.476. The lowest BCUT2D eigenvalue weighted by Gasteiger charge is -2.37. The highest BCUT2D eigenvalue weighted by Gasteiger charge is 2.42. The van der Waals surface area contributed by atoms with Crippen LogP contribution in [0.4, 0.5) is 0 Å². The van der Waals surface area contributed by atoms with Crippen LogP contribution in [0.25, 0.3) is 16.8 Å². The minimum Gasteiger partial charge on any atom is -0.383 e. The highest BCUT2D eigenvalue weighted by molar-refractivity contribution is 5.81. The van der Waals surface area contributed by atoms with Crippen LogP contribution >= 0.6 is 0 Å². The molecule has 3 aromatic heterocycles. The molecule has 4 rings (SSSR count). The SMILES string of the molecule is CC(C)n1nc(-c2c(C3(O)CCCCC3C)nn3ccccc23)ccc1=O. The third-order valence-corrected chi connectivity index (χ3v) is 5.78. The van der Waals surface area contributed by atoms with E-state index in [1.807, 2.05) is 38.2 Å². The molecule has 0 saturated heterocycles. The average molecular weight is 366 g/mol. The summed E-state index contributed by atoms with van der Waals surface area (Å²) < 4.78 is 3.29. The number of nitrogens with zero attached hydrogens (tertiary/aromatic N) is 4. The molecule has 0 spiro atoms. The Morgan fingerprint density at radius 1 is 1.19 bits per heavy atom. The molecule has 27 heavy (non-hydrogen) atoms. The molecule has 1 aliphatic carbocycles. The Morgan fingerprint density at radius 3 is 2.74 bits per heavy atom. The summed E-state index contributed by atoms with van der Waals surface area (Å²) in [6.07, 6.45) is 5.66. The molecule has 0 bridgehead atoms. The summed E-state index contributed by atoms with van der Waals surface area (Å²) in [7, 11) is 0. The zero-order valence-electron chi connectivity index (χ0n) is 16.1. The molecule has 1 aliphatic rings. The molecule has 6 heteroatoms. The Bertz CT molecular complexity index is 1040. The van der Waals surface area contributed by atoms with Crippen LogP contribution in [0.2, 0.25) is 0 Å². The van der Waals surface area contributed by atoms with Crippen molar-refractivity contribution in [3.05, 3.63) is 52.6 Å². The average Bonchev–Trinajstić information content (AvgIpc) is 3.05. The van der Waals surface area contributed by atoms with E-state index < -0.39 is 5.60 Å². The molecule has 0 aromatic carbocycles. The third kappa shape index (κ3) is 2.88. The van der Waals surface area contributed by atoms with E-state index in [9.17, 15) is 9.90 Å². The molecule has 3 aromatic rings. The second-order valence-corrected chi connectivity index (χ2v) is 7.92. The lowest BCUT2D eigenvalue weighted by Crippen LogP contribution is -2.37. The van der Waals surface area contributed by atoms with E-state index in [1.165, 1.54) is 4.68 Å². The molecule has 1 N–H and O–H groups in total. The maximum atomic E-state index is 12.2. The Morgan fingerprint density at radius 2 is 2.00 bits per heavy atom. The first-order chi connectivity index (χ1) is 12.9. The van der Waals surface area contributed by atoms with Crippen molar-refractivity contribution in [3.8, 4) is 11.3 Å². The van der Waals surface area contributed by atoms with Crippen LogP contribution in [0.1, 0.15) is 58.2 Å². The first-order valence-electron chi connectivity index (χ1n) is 9.72. The van der Waals surface area contributed by atoms with Gasteiger partial charge >= 0.3 is 0 Å². The number of aromatic nitrogens is 4. The molecule has 2 unspecified atom stereocenters. The second-order valence-electron chi connectivity index (χ2n) is 7.92. The third-order valence-electron chi connectivity index (χ3n) is 5.78. The molecule has 1 fully saturated rings. The van der Waals surface area contributed by atoms with Crippen LogP contribution in [-0.2, 0) is 5.60 Å². The maximum Gasteiger partial charge on any atom is 0.267 e. The van der Waals surface area contributed by atoms with E-state index in [-0.39, 0.29) is 17.5 Å². The van der Waals surface area contributed by atoms with E-state index in [1.54, 1.807) is 16.6 Å². The van der Waals surface area contributed by atoms with Gasteiger partial charge in [-0.15, -0.1) is 0 Å². The fourth-order valence-electron chi connectivity index (χ4n) is 4.16. The molecule has 2 atom stereocenters. The van der Waals surface area contributed by atoms with E-state index in [0.29, 0.717) is 17.8 Å². The molecule has 0 radical (unpaired) electrons. The van der Waals surface area contributed by atoms with Gasteiger partial charge in [0.25, 0.3) is 5.56 Å². The molecule has 0 aliphatic heterocycles. The minimum absolute atomic E-state index is 0.0422. The Hall–Kier alpha value is -2.47. The van der Waals surface area contributed by atoms with Crippen molar-refractivity contribution in [1.82, 2.24) is 19.4 Å². The van der Waals surface area contributed by atoms with Gasteiger partial charge in [-0.3, -0.25) is 4.79 Å². The predicted octanol–water partition coefficient (Wildman–Crippen LogP) is 3.54. The van der Waals surface area contributed by atoms with Crippen molar-refractivity contribution < 1.29 is 5.11 Å². The predicted molar refractivity (Wildman–Crippen MR) is 105 cm³/mol. The number of hydrogen-bond acceptors (Lipinski definition) is 4. The quantitative estimate of drug-likeness (QED) is 0.770. The van der Waals surface area contributed by atoms with Gasteiger partial charge < -0.3 is 5.11 Å². The minimum atomic E-state index is -0.986. The molecular weight excluding hydrogens is 340 g/mol. The van der Waals surface area contributed by atoms with E-state index in [0.717, 1.165) is 30.3 Å². The zero-order valence-corrected chi connectivity index (χ0v) is 16.1. The van der Waals surface area contributed by atoms with Gasteiger partial charge in [-0.05, 0) is 50.8 Å². The Balaban J connectivity index is 2.00. The van der Waals surface area contributed by atoms with Crippen molar-refractivity contribution in [3.63, 3.8) is 0 Å². The number of rotatable bonds is 3. The van der Waals surface area contributed by atoms with Crippen LogP contribution < -0.4 is 5.56 Å². The number of pyridine rings is 1. The van der Waals surface area contributed by atoms with E-state index in [4.69, 9.17) is 5.10 Å². The lowest BCUT2D eigenvalue weighted by molar-refractivity contribution is -0.0502. The van der Waals surface area contributed by atoms with Crippen LogP contribution in [-0.4, -0.2) is 24.5 Å². The molecule has 142 valence electrons. The molecule has 0 amide bonds. The summed E-state index contributed by atoms with van der Waals surface area (Å²) in [6, 6.07) is 9.11. The van der Waals surface area contributed by atoms with Crippen molar-refractivity contribution in [2.45, 2.75) is 58.1 Å². The summed E-state index contributed by atoms with van der Waals surface area (Å²) in [5, 5.41) is 21.0. The molecular formula is C21H26N4O2. The van der Waals surface area contributed by atoms with E-state index >= 15 is 0 Å². The second kappa shape index (κ2) is 6.60. The Kier molecular flexibility index (Phi) is 4.38. The van der Waals surface area contributed by atoms with Gasteiger partial charge in [-0.2, -0.15) is 10.2 Å². The first kappa shape index (κ1) is 17.9. The van der Waals surface area contributed by atoms with Gasteiger partial charge in [0.05, 0.1) is 22.8 Å². The van der Waals surface area contributed by atoms with Gasteiger partial charge in [0.2, 0.25) is 0 Å². The maximum absolute atomic E-state index is 12.2. The van der Waals surface area contributed by atoms with Gasteiger partial charge in [0.1, 0.15) is 11.3 Å². The van der Waals surface area contributed by atoms with Crippen molar-refractivity contribution in [1.29, 1.82) is 0 Å². The van der Waals surface area contributed by atoms with Gasteiger partial charge in [0.15, 0.2) is 0 Å². The number of aliphatic hydroxyl groups is 1. The normalized spacial score (nSPS) is 23.2. The molecule has 6 nitrogen and oxygen atoms in total. The lowest BCUT2D eigenvalue weighted by atomic mass is 9.73. The fourth-order valence-corrected chi connectivity index (χ4v) is 4.16. The summed E-state index contributed by atoms with van der Waals surface area (Å²) in [5.74, 6) is 0.117. The van der Waals surface area contributed by atoms with Gasteiger partial charge in [-0.25, -0.2) is 9.20 Å². The van der Waals surface area contributed by atoms with Crippen molar-refractivity contribution in [2.75, 3.05) is 0 Å². The highest BCUT2D eigenvalue weighted by Crippen LogP contribution is 2.45. The smallest absolute Gasteiger partial charge is 0.267 e. The summed E-state index contributed by atoms with van der Waals surface area (Å²) >= 11 is 0. The van der Waals surface area contributed by atoms with Crippen molar-refractivity contribution >= 4 is 5.52 Å². The van der Waals surface area contributed by atoms with Gasteiger partial charge in [-0.1, -0.05) is 25.8 Å². The number of fused-ring (bicyclic) bond motifs is 1. The zero-order chi connectivity index (χ0) is 19.2. The summed E-state index contributed by atoms with van der Waals surface area (Å²) in [4.78, 5) is 12.2. The highest BCUT2D eigenvalue weighted by atomic mass is 16.3. The van der Waals surface area contributed by atoms with Crippen LogP contribution in [0.3, 0.4) is 0 Å². The first-order valence-corrected chi connectivity index (χ1v) is 9.72. The standard InChI is InChI=1S/C21H26N4O2/c1-14(2)25-18(26)11-10-16(22-25)19-17-9-5-7-13-24(17)23-20(19)21(27)12-6-4-8-15(21)3/h5,7,9-11,13-15,27H,4,6,8,12H2,1-3H3. The largest absolute Gasteiger partial charge is 0.383 e. The monoisotopic (exact) mass is 366 g/mol. The van der Waals surface area contributed by atoms with Crippen LogP contribution in [0, 0.1) is 5.92 Å². The summed E-state index contributed by atoms with van der Waals surface area (Å²) in [5.41, 5.74) is 1.94. The molecule has 3 heterocycles. The van der Waals surface area contributed by atoms with Crippen LogP contribution in [0.15, 0.2) is 41.3 Å². The molecule has 1 saturated carbocycles. The topological polar surface area (TPSA) is 72.4 Å². The Labute approximate surface area is 158 Å². The van der Waals surface area contributed by atoms with E-state index in [2.05, 4.69) is 12.0 Å².